The quantitative estimate of drug-likeness (QED) is 0.0349. The molecule has 0 amide bonds. The van der Waals surface area contributed by atoms with Gasteiger partial charge in [-0.15, -0.1) is 0 Å². The maximum atomic E-state index is 12.7. The molecule has 1 atom stereocenters. The van der Waals surface area contributed by atoms with Gasteiger partial charge in [-0.25, -0.2) is 0 Å². The molecule has 0 heterocycles. The maximum absolute atomic E-state index is 12.7. The number of hydrogen-bond donors (Lipinski definition) is 0. The van der Waals surface area contributed by atoms with Crippen molar-refractivity contribution in [3.63, 3.8) is 0 Å². The van der Waals surface area contributed by atoms with Gasteiger partial charge in [0.2, 0.25) is 0 Å². The van der Waals surface area contributed by atoms with Crippen LogP contribution in [0.1, 0.15) is 260 Å². The first-order valence-corrected chi connectivity index (χ1v) is 24.1. The standard InChI is InChI=1S/C49H94O6/c1-43(2)35-29-23-17-12-8-7-9-14-20-26-32-38-47(50)53-41-46(42-54-48(51)39-33-27-22-16-19-25-31-37-45(5)6)55-49(52)40-34-28-21-15-11-10-13-18-24-30-36-44(3)4/h43-46H,7-42H2,1-6H3/t46-/m0/s1. The van der Waals surface area contributed by atoms with E-state index in [4.69, 9.17) is 14.2 Å². The summed E-state index contributed by atoms with van der Waals surface area (Å²) in [5.74, 6) is 1.56. The van der Waals surface area contributed by atoms with E-state index in [1.54, 1.807) is 0 Å². The van der Waals surface area contributed by atoms with Gasteiger partial charge in [-0.3, -0.25) is 14.4 Å². The summed E-state index contributed by atoms with van der Waals surface area (Å²) in [5, 5.41) is 0. The summed E-state index contributed by atoms with van der Waals surface area (Å²) in [6, 6.07) is 0. The third kappa shape index (κ3) is 43.4. The Hall–Kier alpha value is -1.59. The number of carbonyl (C=O) groups is 3. The van der Waals surface area contributed by atoms with Crippen LogP contribution in [0.15, 0.2) is 0 Å². The molecule has 0 aliphatic heterocycles. The van der Waals surface area contributed by atoms with Gasteiger partial charge in [0, 0.05) is 19.3 Å². The SMILES string of the molecule is CC(C)CCCCCCCCCCCCCC(=O)OC[C@@H](COC(=O)CCCCCCCCCC(C)C)OC(=O)CCCCCCCCCCCCC(C)C. The molecule has 0 aromatic heterocycles. The van der Waals surface area contributed by atoms with Crippen LogP contribution in [0.3, 0.4) is 0 Å². The minimum atomic E-state index is -0.762. The molecule has 0 saturated heterocycles. The fraction of sp³-hybridized carbons (Fsp3) is 0.939. The number of rotatable bonds is 42. The lowest BCUT2D eigenvalue weighted by Crippen LogP contribution is -2.30. The highest BCUT2D eigenvalue weighted by Crippen LogP contribution is 2.17. The second-order valence-corrected chi connectivity index (χ2v) is 18.2. The molecule has 0 aliphatic carbocycles. The Balaban J connectivity index is 4.32. The van der Waals surface area contributed by atoms with Crippen molar-refractivity contribution >= 4 is 17.9 Å². The zero-order valence-corrected chi connectivity index (χ0v) is 37.7. The first kappa shape index (κ1) is 53.4. The van der Waals surface area contributed by atoms with E-state index >= 15 is 0 Å². The summed E-state index contributed by atoms with van der Waals surface area (Å²) in [4.78, 5) is 37.8. The van der Waals surface area contributed by atoms with Crippen LogP contribution in [-0.4, -0.2) is 37.2 Å². The minimum absolute atomic E-state index is 0.0659. The average molecular weight is 779 g/mol. The van der Waals surface area contributed by atoms with E-state index in [1.165, 1.54) is 141 Å². The summed E-state index contributed by atoms with van der Waals surface area (Å²) < 4.78 is 16.7. The number of esters is 3. The molecule has 6 nitrogen and oxygen atoms in total. The number of hydrogen-bond acceptors (Lipinski definition) is 6. The number of ether oxygens (including phenoxy) is 3. The zero-order chi connectivity index (χ0) is 40.6. The molecule has 0 bridgehead atoms. The first-order chi connectivity index (χ1) is 26.6. The smallest absolute Gasteiger partial charge is 0.306 e. The van der Waals surface area contributed by atoms with E-state index in [9.17, 15) is 14.4 Å². The molecule has 0 saturated carbocycles. The Morgan fingerprint density at radius 1 is 0.309 bits per heavy atom. The minimum Gasteiger partial charge on any atom is -0.462 e. The third-order valence-corrected chi connectivity index (χ3v) is 10.9. The second kappa shape index (κ2) is 40.6. The summed E-state index contributed by atoms with van der Waals surface area (Å²) in [6.07, 6.45) is 38.1. The Morgan fingerprint density at radius 3 is 0.782 bits per heavy atom. The van der Waals surface area contributed by atoms with Crippen molar-refractivity contribution in [2.24, 2.45) is 17.8 Å². The Labute approximate surface area is 342 Å². The predicted molar refractivity (Wildman–Crippen MR) is 233 cm³/mol. The molecule has 0 unspecified atom stereocenters. The van der Waals surface area contributed by atoms with Gasteiger partial charge in [0.25, 0.3) is 0 Å². The van der Waals surface area contributed by atoms with Crippen LogP contribution in [-0.2, 0) is 28.6 Å². The van der Waals surface area contributed by atoms with Gasteiger partial charge in [-0.05, 0) is 37.0 Å². The number of unbranched alkanes of at least 4 members (excludes halogenated alkanes) is 25. The summed E-state index contributed by atoms with van der Waals surface area (Å²) in [7, 11) is 0. The van der Waals surface area contributed by atoms with E-state index in [0.717, 1.165) is 75.5 Å². The van der Waals surface area contributed by atoms with Crippen LogP contribution in [0, 0.1) is 17.8 Å². The molecular formula is C49H94O6. The molecule has 0 rings (SSSR count). The Kier molecular flexibility index (Phi) is 39.4. The van der Waals surface area contributed by atoms with Crippen molar-refractivity contribution in [1.82, 2.24) is 0 Å². The molecule has 0 N–H and O–H groups in total. The molecule has 0 aromatic rings. The normalized spacial score (nSPS) is 12.2. The zero-order valence-electron chi connectivity index (χ0n) is 37.7. The molecule has 0 spiro atoms. The van der Waals surface area contributed by atoms with Crippen molar-refractivity contribution in [3.8, 4) is 0 Å². The molecule has 6 heteroatoms. The van der Waals surface area contributed by atoms with Crippen LogP contribution in [0.5, 0.6) is 0 Å². The van der Waals surface area contributed by atoms with E-state index in [0.29, 0.717) is 19.3 Å². The van der Waals surface area contributed by atoms with Gasteiger partial charge in [0.1, 0.15) is 13.2 Å². The summed E-state index contributed by atoms with van der Waals surface area (Å²) in [6.45, 7) is 13.6. The predicted octanol–water partition coefficient (Wildman–Crippen LogP) is 15.2. The second-order valence-electron chi connectivity index (χ2n) is 18.2. The Bertz CT molecular complexity index is 852. The van der Waals surface area contributed by atoms with E-state index in [1.807, 2.05) is 0 Å². The lowest BCUT2D eigenvalue weighted by atomic mass is 10.0. The highest BCUT2D eigenvalue weighted by Gasteiger charge is 2.19. The number of carbonyl (C=O) groups excluding carboxylic acids is 3. The van der Waals surface area contributed by atoms with Gasteiger partial charge < -0.3 is 14.2 Å². The summed E-state index contributed by atoms with van der Waals surface area (Å²) in [5.41, 5.74) is 0. The Morgan fingerprint density at radius 2 is 0.527 bits per heavy atom. The maximum Gasteiger partial charge on any atom is 0.306 e. The third-order valence-electron chi connectivity index (χ3n) is 10.9. The highest BCUT2D eigenvalue weighted by atomic mass is 16.6. The van der Waals surface area contributed by atoms with Crippen molar-refractivity contribution in [2.45, 2.75) is 266 Å². The van der Waals surface area contributed by atoms with Gasteiger partial charge in [-0.2, -0.15) is 0 Å². The first-order valence-electron chi connectivity index (χ1n) is 24.1. The van der Waals surface area contributed by atoms with Crippen molar-refractivity contribution in [2.75, 3.05) is 13.2 Å². The average Bonchev–Trinajstić information content (AvgIpc) is 3.13. The molecule has 326 valence electrons. The summed E-state index contributed by atoms with van der Waals surface area (Å²) >= 11 is 0. The topological polar surface area (TPSA) is 78.9 Å². The van der Waals surface area contributed by atoms with Gasteiger partial charge in [0.15, 0.2) is 6.10 Å². The van der Waals surface area contributed by atoms with Crippen molar-refractivity contribution < 1.29 is 28.6 Å². The van der Waals surface area contributed by atoms with Gasteiger partial charge >= 0.3 is 17.9 Å². The van der Waals surface area contributed by atoms with Crippen LogP contribution in [0.2, 0.25) is 0 Å². The molecule has 0 fully saturated rings. The van der Waals surface area contributed by atoms with Crippen LogP contribution in [0.4, 0.5) is 0 Å². The fourth-order valence-corrected chi connectivity index (χ4v) is 7.23. The molecule has 0 radical (unpaired) electrons. The van der Waals surface area contributed by atoms with Crippen molar-refractivity contribution in [3.05, 3.63) is 0 Å². The molecular weight excluding hydrogens is 685 g/mol. The molecule has 0 aromatic carbocycles. The lowest BCUT2D eigenvalue weighted by Gasteiger charge is -2.18. The molecule has 55 heavy (non-hydrogen) atoms. The van der Waals surface area contributed by atoms with Crippen LogP contribution < -0.4 is 0 Å². The van der Waals surface area contributed by atoms with E-state index < -0.39 is 6.10 Å². The van der Waals surface area contributed by atoms with Gasteiger partial charge in [-0.1, -0.05) is 221 Å². The molecule has 0 aliphatic rings. The largest absolute Gasteiger partial charge is 0.462 e. The van der Waals surface area contributed by atoms with Crippen molar-refractivity contribution in [1.29, 1.82) is 0 Å². The van der Waals surface area contributed by atoms with Crippen LogP contribution in [0.25, 0.3) is 0 Å². The van der Waals surface area contributed by atoms with E-state index in [-0.39, 0.29) is 31.1 Å². The fourth-order valence-electron chi connectivity index (χ4n) is 7.23. The monoisotopic (exact) mass is 779 g/mol. The highest BCUT2D eigenvalue weighted by molar-refractivity contribution is 5.71. The lowest BCUT2D eigenvalue weighted by molar-refractivity contribution is -0.167. The van der Waals surface area contributed by atoms with Crippen LogP contribution >= 0.6 is 0 Å². The van der Waals surface area contributed by atoms with Gasteiger partial charge in [0.05, 0.1) is 0 Å². The van der Waals surface area contributed by atoms with E-state index in [2.05, 4.69) is 41.5 Å².